The summed E-state index contributed by atoms with van der Waals surface area (Å²) < 4.78 is 0. The number of likely N-dealkylation sites (N-methyl/N-ethyl adjacent to an activating group) is 1. The van der Waals surface area contributed by atoms with E-state index in [2.05, 4.69) is 34.2 Å². The summed E-state index contributed by atoms with van der Waals surface area (Å²) in [6, 6.07) is 17.1. The number of hydroxylamine groups is 1. The van der Waals surface area contributed by atoms with Crippen molar-refractivity contribution in [3.8, 4) is 0 Å². The molecule has 28 heavy (non-hydrogen) atoms. The summed E-state index contributed by atoms with van der Waals surface area (Å²) in [5.41, 5.74) is 5.78. The first-order valence-electron chi connectivity index (χ1n) is 9.56. The fourth-order valence-corrected chi connectivity index (χ4v) is 3.01. The van der Waals surface area contributed by atoms with E-state index >= 15 is 0 Å². The van der Waals surface area contributed by atoms with Crippen LogP contribution in [0.5, 0.6) is 0 Å². The van der Waals surface area contributed by atoms with E-state index in [4.69, 9.17) is 4.84 Å². The highest BCUT2D eigenvalue weighted by atomic mass is 16.6. The normalized spacial score (nSPS) is 15.2. The largest absolute Gasteiger partial charge is 0.356 e. The quantitative estimate of drug-likeness (QED) is 0.545. The Labute approximate surface area is 166 Å². The van der Waals surface area contributed by atoms with Gasteiger partial charge in [0.15, 0.2) is 0 Å². The fraction of sp³-hybridized carbons (Fsp3) is 0.318. The van der Waals surface area contributed by atoms with Gasteiger partial charge in [-0.2, -0.15) is 0 Å². The Morgan fingerprint density at radius 3 is 2.36 bits per heavy atom. The molecule has 6 nitrogen and oxygen atoms in total. The van der Waals surface area contributed by atoms with Gasteiger partial charge in [-0.1, -0.05) is 36.9 Å². The highest BCUT2D eigenvalue weighted by Gasteiger charge is 2.13. The Morgan fingerprint density at radius 2 is 1.68 bits per heavy atom. The summed E-state index contributed by atoms with van der Waals surface area (Å²) in [4.78, 5) is 22.2. The van der Waals surface area contributed by atoms with Gasteiger partial charge in [-0.05, 0) is 36.9 Å². The lowest BCUT2D eigenvalue weighted by Crippen LogP contribution is -2.45. The molecule has 2 N–H and O–H groups in total. The molecule has 0 saturated carbocycles. The summed E-state index contributed by atoms with van der Waals surface area (Å²) in [6.07, 6.45) is 0. The van der Waals surface area contributed by atoms with Crippen molar-refractivity contribution in [3.05, 3.63) is 72.3 Å². The molecule has 2 aromatic rings. The highest BCUT2D eigenvalue weighted by Crippen LogP contribution is 2.17. The first kappa shape index (κ1) is 20.1. The van der Waals surface area contributed by atoms with Crippen LogP contribution in [0.4, 0.5) is 5.69 Å². The van der Waals surface area contributed by atoms with Crippen molar-refractivity contribution in [2.45, 2.75) is 0 Å². The SMILES string of the molecule is C=C(Nc1ccc(C(=O)NOCCN2CCN(C)CC2)cc1)c1ccccc1. The van der Waals surface area contributed by atoms with E-state index in [1.54, 1.807) is 12.1 Å². The second-order valence-electron chi connectivity index (χ2n) is 6.97. The Balaban J connectivity index is 1.40. The van der Waals surface area contributed by atoms with Gasteiger partial charge in [0.25, 0.3) is 5.91 Å². The maximum absolute atomic E-state index is 12.2. The van der Waals surface area contributed by atoms with E-state index in [1.165, 1.54) is 0 Å². The van der Waals surface area contributed by atoms with Crippen LogP contribution >= 0.6 is 0 Å². The number of benzene rings is 2. The van der Waals surface area contributed by atoms with Crippen LogP contribution in [0, 0.1) is 0 Å². The number of amides is 1. The second-order valence-corrected chi connectivity index (χ2v) is 6.97. The number of nitrogens with zero attached hydrogens (tertiary/aromatic N) is 2. The number of carbonyl (C=O) groups excluding carboxylic acids is 1. The van der Waals surface area contributed by atoms with Crippen molar-refractivity contribution in [1.29, 1.82) is 0 Å². The van der Waals surface area contributed by atoms with Crippen LogP contribution < -0.4 is 10.8 Å². The molecule has 0 atom stereocenters. The van der Waals surface area contributed by atoms with Gasteiger partial charge in [0.1, 0.15) is 0 Å². The molecule has 3 rings (SSSR count). The minimum atomic E-state index is -0.244. The van der Waals surface area contributed by atoms with Gasteiger partial charge in [0.2, 0.25) is 0 Å². The third-order valence-electron chi connectivity index (χ3n) is 4.83. The monoisotopic (exact) mass is 380 g/mol. The molecule has 0 unspecified atom stereocenters. The third kappa shape index (κ3) is 5.92. The lowest BCUT2D eigenvalue weighted by atomic mass is 10.1. The predicted octanol–water partition coefficient (Wildman–Crippen LogP) is 2.68. The molecule has 1 fully saturated rings. The Kier molecular flexibility index (Phi) is 7.19. The number of nitrogens with one attached hydrogen (secondary N) is 2. The Bertz CT molecular complexity index is 769. The molecule has 0 spiro atoms. The van der Waals surface area contributed by atoms with Crippen LogP contribution in [0.3, 0.4) is 0 Å². The minimum absolute atomic E-state index is 0.244. The van der Waals surface area contributed by atoms with E-state index in [0.717, 1.165) is 49.7 Å². The molecule has 6 heteroatoms. The van der Waals surface area contributed by atoms with Crippen molar-refractivity contribution in [3.63, 3.8) is 0 Å². The van der Waals surface area contributed by atoms with Gasteiger partial charge in [-0.3, -0.25) is 14.5 Å². The van der Waals surface area contributed by atoms with Crippen LogP contribution in [0.25, 0.3) is 5.70 Å². The molecule has 1 saturated heterocycles. The van der Waals surface area contributed by atoms with Crippen molar-refractivity contribution >= 4 is 17.3 Å². The number of anilines is 1. The molecule has 0 aromatic heterocycles. The zero-order valence-electron chi connectivity index (χ0n) is 16.4. The smallest absolute Gasteiger partial charge is 0.274 e. The Hall–Kier alpha value is -2.67. The number of carbonyl (C=O) groups is 1. The number of piperazine rings is 1. The molecule has 0 radical (unpaired) electrons. The van der Waals surface area contributed by atoms with Gasteiger partial charge in [-0.15, -0.1) is 0 Å². The number of hydrogen-bond donors (Lipinski definition) is 2. The molecule has 1 aliphatic rings. The third-order valence-corrected chi connectivity index (χ3v) is 4.83. The minimum Gasteiger partial charge on any atom is -0.356 e. The summed E-state index contributed by atoms with van der Waals surface area (Å²) in [6.45, 7) is 9.57. The average molecular weight is 380 g/mol. The standard InChI is InChI=1S/C22H28N4O2/c1-18(19-6-4-3-5-7-19)23-21-10-8-20(9-11-21)22(27)24-28-17-16-26-14-12-25(2)13-15-26/h3-11,23H,1,12-17H2,2H3,(H,24,27). The predicted molar refractivity (Wildman–Crippen MR) is 113 cm³/mol. The maximum atomic E-state index is 12.2. The Morgan fingerprint density at radius 1 is 1.00 bits per heavy atom. The molecule has 1 aliphatic heterocycles. The molecule has 1 heterocycles. The van der Waals surface area contributed by atoms with Gasteiger partial charge < -0.3 is 10.2 Å². The van der Waals surface area contributed by atoms with Crippen LogP contribution in [0.15, 0.2) is 61.2 Å². The van der Waals surface area contributed by atoms with Crippen LogP contribution in [-0.4, -0.2) is 62.1 Å². The van der Waals surface area contributed by atoms with E-state index in [-0.39, 0.29) is 5.91 Å². The number of hydrogen-bond acceptors (Lipinski definition) is 5. The van der Waals surface area contributed by atoms with Gasteiger partial charge in [0.05, 0.1) is 6.61 Å². The highest BCUT2D eigenvalue weighted by molar-refractivity contribution is 5.94. The topological polar surface area (TPSA) is 56.8 Å². The zero-order chi connectivity index (χ0) is 19.8. The number of rotatable bonds is 8. The molecular weight excluding hydrogens is 352 g/mol. The van der Waals surface area contributed by atoms with Crippen molar-refractivity contribution < 1.29 is 9.63 Å². The van der Waals surface area contributed by atoms with Crippen LogP contribution in [0.1, 0.15) is 15.9 Å². The zero-order valence-corrected chi connectivity index (χ0v) is 16.4. The molecule has 1 amide bonds. The van der Waals surface area contributed by atoms with Crippen molar-refractivity contribution in [1.82, 2.24) is 15.3 Å². The summed E-state index contributed by atoms with van der Waals surface area (Å²) >= 11 is 0. The van der Waals surface area contributed by atoms with Crippen LogP contribution in [0.2, 0.25) is 0 Å². The first-order chi connectivity index (χ1) is 13.6. The molecule has 148 valence electrons. The van der Waals surface area contributed by atoms with Crippen LogP contribution in [-0.2, 0) is 4.84 Å². The lowest BCUT2D eigenvalue weighted by Gasteiger charge is -2.32. The summed E-state index contributed by atoms with van der Waals surface area (Å²) in [7, 11) is 2.13. The van der Waals surface area contributed by atoms with E-state index in [1.807, 2.05) is 42.5 Å². The van der Waals surface area contributed by atoms with Crippen molar-refractivity contribution in [2.24, 2.45) is 0 Å². The van der Waals surface area contributed by atoms with Gasteiger partial charge >= 0.3 is 0 Å². The average Bonchev–Trinajstić information content (AvgIpc) is 2.73. The summed E-state index contributed by atoms with van der Waals surface area (Å²) in [5.74, 6) is -0.244. The van der Waals surface area contributed by atoms with Gasteiger partial charge in [-0.25, -0.2) is 5.48 Å². The maximum Gasteiger partial charge on any atom is 0.274 e. The van der Waals surface area contributed by atoms with Crippen molar-refractivity contribution in [2.75, 3.05) is 51.7 Å². The fourth-order valence-electron chi connectivity index (χ4n) is 3.01. The second kappa shape index (κ2) is 10.0. The van der Waals surface area contributed by atoms with Gasteiger partial charge in [0, 0.05) is 49.7 Å². The summed E-state index contributed by atoms with van der Waals surface area (Å²) in [5, 5.41) is 3.25. The molecule has 2 aromatic carbocycles. The molecular formula is C22H28N4O2. The van der Waals surface area contributed by atoms with E-state index in [9.17, 15) is 4.79 Å². The molecule has 0 bridgehead atoms. The van der Waals surface area contributed by atoms with E-state index < -0.39 is 0 Å². The van der Waals surface area contributed by atoms with E-state index in [0.29, 0.717) is 12.2 Å². The molecule has 0 aliphatic carbocycles. The lowest BCUT2D eigenvalue weighted by molar-refractivity contribution is 0.0177. The first-order valence-corrected chi connectivity index (χ1v) is 9.56.